The van der Waals surface area contributed by atoms with E-state index in [1.165, 1.54) is 30.6 Å². The van der Waals surface area contributed by atoms with E-state index < -0.39 is 0 Å². The molecule has 0 N–H and O–H groups in total. The summed E-state index contributed by atoms with van der Waals surface area (Å²) in [6, 6.07) is 5.64. The first-order valence-electron chi connectivity index (χ1n) is 7.74. The highest BCUT2D eigenvalue weighted by atomic mass is 19.1. The molecule has 0 saturated heterocycles. The predicted octanol–water partition coefficient (Wildman–Crippen LogP) is 2.04. The van der Waals surface area contributed by atoms with Gasteiger partial charge in [-0.3, -0.25) is 4.79 Å². The summed E-state index contributed by atoms with van der Waals surface area (Å²) in [4.78, 5) is 20.4. The number of benzene rings is 1. The van der Waals surface area contributed by atoms with Crippen LogP contribution in [-0.2, 0) is 16.0 Å². The van der Waals surface area contributed by atoms with Crippen molar-refractivity contribution < 1.29 is 18.7 Å². The van der Waals surface area contributed by atoms with Crippen molar-refractivity contribution in [3.63, 3.8) is 0 Å². The summed E-state index contributed by atoms with van der Waals surface area (Å²) >= 11 is 0. The molecule has 2 aromatic heterocycles. The Kier molecular flexibility index (Phi) is 4.87. The quantitative estimate of drug-likeness (QED) is 0.503. The number of halogens is 1. The van der Waals surface area contributed by atoms with E-state index in [0.717, 1.165) is 17.0 Å². The molecular weight excluding hydrogens is 327 g/mol. The van der Waals surface area contributed by atoms with Crippen LogP contribution >= 0.6 is 0 Å². The molecule has 25 heavy (non-hydrogen) atoms. The highest BCUT2D eigenvalue weighted by Crippen LogP contribution is 2.14. The zero-order valence-electron chi connectivity index (χ0n) is 13.9. The first-order valence-corrected chi connectivity index (χ1v) is 7.74. The summed E-state index contributed by atoms with van der Waals surface area (Å²) < 4.78 is 24.9. The van der Waals surface area contributed by atoms with Gasteiger partial charge in [0.05, 0.1) is 6.42 Å². The lowest BCUT2D eigenvalue weighted by Crippen LogP contribution is -2.16. The Labute approximate surface area is 143 Å². The topological polar surface area (TPSA) is 78.6 Å². The van der Waals surface area contributed by atoms with Crippen molar-refractivity contribution in [1.82, 2.24) is 19.6 Å². The van der Waals surface area contributed by atoms with E-state index in [4.69, 9.17) is 9.47 Å². The van der Waals surface area contributed by atoms with Gasteiger partial charge < -0.3 is 9.47 Å². The molecule has 0 fully saturated rings. The monoisotopic (exact) mass is 344 g/mol. The molecule has 0 bridgehead atoms. The predicted molar refractivity (Wildman–Crippen MR) is 86.8 cm³/mol. The fraction of sp³-hybridized carbons (Fsp3) is 0.294. The van der Waals surface area contributed by atoms with Gasteiger partial charge in [0.25, 0.3) is 5.78 Å². The van der Waals surface area contributed by atoms with Gasteiger partial charge in [0.2, 0.25) is 0 Å². The summed E-state index contributed by atoms with van der Waals surface area (Å²) in [6.07, 6.45) is 1.51. The normalized spacial score (nSPS) is 10.8. The van der Waals surface area contributed by atoms with E-state index >= 15 is 0 Å². The number of carbonyl (C=O) groups is 1. The Balaban J connectivity index is 1.53. The molecule has 3 aromatic rings. The maximum Gasteiger partial charge on any atom is 0.310 e. The molecule has 0 saturated carbocycles. The number of aryl methyl sites for hydroxylation is 2. The summed E-state index contributed by atoms with van der Waals surface area (Å²) in [5.41, 5.74) is 2.29. The molecular formula is C17H17FN4O3. The van der Waals surface area contributed by atoms with Gasteiger partial charge in [-0.15, -0.1) is 0 Å². The lowest BCUT2D eigenvalue weighted by molar-refractivity contribution is -0.143. The first-order chi connectivity index (χ1) is 12.0. The molecule has 0 aliphatic carbocycles. The van der Waals surface area contributed by atoms with Crippen molar-refractivity contribution in [3.8, 4) is 5.75 Å². The second-order valence-corrected chi connectivity index (χ2v) is 5.43. The fourth-order valence-corrected chi connectivity index (χ4v) is 2.45. The Morgan fingerprint density at radius 1 is 1.20 bits per heavy atom. The van der Waals surface area contributed by atoms with E-state index in [9.17, 15) is 9.18 Å². The molecule has 3 rings (SSSR count). The van der Waals surface area contributed by atoms with Crippen molar-refractivity contribution >= 4 is 11.7 Å². The largest absolute Gasteiger partial charge is 0.490 e. The molecule has 1 aromatic carbocycles. The van der Waals surface area contributed by atoms with Gasteiger partial charge in [0.1, 0.15) is 31.1 Å². The Morgan fingerprint density at radius 3 is 2.72 bits per heavy atom. The third-order valence-electron chi connectivity index (χ3n) is 3.74. The molecule has 0 aliphatic rings. The van der Waals surface area contributed by atoms with Gasteiger partial charge in [0.15, 0.2) is 0 Å². The number of carbonyl (C=O) groups excluding carboxylic acids is 1. The van der Waals surface area contributed by atoms with Gasteiger partial charge in [-0.2, -0.15) is 10.1 Å². The van der Waals surface area contributed by atoms with E-state index in [1.807, 2.05) is 13.8 Å². The minimum absolute atomic E-state index is 0.0943. The highest BCUT2D eigenvalue weighted by Gasteiger charge is 2.15. The molecule has 0 unspecified atom stereocenters. The number of aromatic nitrogens is 4. The first kappa shape index (κ1) is 16.8. The van der Waals surface area contributed by atoms with E-state index in [-0.39, 0.29) is 31.4 Å². The van der Waals surface area contributed by atoms with Crippen LogP contribution in [0.4, 0.5) is 4.39 Å². The maximum absolute atomic E-state index is 12.8. The Hall–Kier alpha value is -3.03. The summed E-state index contributed by atoms with van der Waals surface area (Å²) in [6.45, 7) is 3.97. The molecule has 7 nitrogen and oxygen atoms in total. The molecule has 8 heteroatoms. The molecule has 0 amide bonds. The molecule has 0 spiro atoms. The number of nitrogens with zero attached hydrogens (tertiary/aromatic N) is 4. The van der Waals surface area contributed by atoms with Crippen molar-refractivity contribution in [3.05, 3.63) is 53.4 Å². The van der Waals surface area contributed by atoms with Crippen LogP contribution < -0.4 is 4.74 Å². The van der Waals surface area contributed by atoms with Crippen LogP contribution in [0.25, 0.3) is 5.78 Å². The van der Waals surface area contributed by atoms with Crippen molar-refractivity contribution in [2.75, 3.05) is 13.2 Å². The average molecular weight is 344 g/mol. The standard InChI is InChI=1S/C17H17FN4O3/c1-11-15(12(2)22-17(21-11)19-10-20-22)9-16(23)25-8-7-24-14-5-3-13(18)4-6-14/h3-6,10H,7-9H2,1-2H3. The van der Waals surface area contributed by atoms with E-state index in [1.54, 1.807) is 4.52 Å². The van der Waals surface area contributed by atoms with Crippen molar-refractivity contribution in [2.45, 2.75) is 20.3 Å². The molecule has 0 atom stereocenters. The number of ether oxygens (including phenoxy) is 2. The van der Waals surface area contributed by atoms with Gasteiger partial charge in [0, 0.05) is 17.0 Å². The van der Waals surface area contributed by atoms with Crippen LogP contribution in [0.15, 0.2) is 30.6 Å². The molecule has 0 aliphatic heterocycles. The number of fused-ring (bicyclic) bond motifs is 1. The molecule has 130 valence electrons. The minimum Gasteiger partial charge on any atom is -0.490 e. The van der Waals surface area contributed by atoms with E-state index in [0.29, 0.717) is 11.5 Å². The van der Waals surface area contributed by atoms with Crippen LogP contribution in [0.5, 0.6) is 5.75 Å². The second kappa shape index (κ2) is 7.25. The van der Waals surface area contributed by atoms with Crippen LogP contribution in [0.1, 0.15) is 17.0 Å². The lowest BCUT2D eigenvalue weighted by atomic mass is 10.1. The third-order valence-corrected chi connectivity index (χ3v) is 3.74. The van der Waals surface area contributed by atoms with Gasteiger partial charge >= 0.3 is 5.97 Å². The van der Waals surface area contributed by atoms with Gasteiger partial charge in [-0.1, -0.05) is 0 Å². The summed E-state index contributed by atoms with van der Waals surface area (Å²) in [5, 5.41) is 4.09. The van der Waals surface area contributed by atoms with Crippen LogP contribution in [0.3, 0.4) is 0 Å². The Morgan fingerprint density at radius 2 is 1.96 bits per heavy atom. The number of hydrogen-bond acceptors (Lipinski definition) is 6. The lowest BCUT2D eigenvalue weighted by Gasteiger charge is -2.11. The number of hydrogen-bond donors (Lipinski definition) is 0. The second-order valence-electron chi connectivity index (χ2n) is 5.43. The number of rotatable bonds is 6. The highest BCUT2D eigenvalue weighted by molar-refractivity contribution is 5.73. The molecule has 0 radical (unpaired) electrons. The fourth-order valence-electron chi connectivity index (χ4n) is 2.45. The van der Waals surface area contributed by atoms with Gasteiger partial charge in [-0.05, 0) is 38.1 Å². The average Bonchev–Trinajstić information content (AvgIpc) is 3.05. The Bertz CT molecular complexity index is 893. The smallest absolute Gasteiger partial charge is 0.310 e. The van der Waals surface area contributed by atoms with Gasteiger partial charge in [-0.25, -0.2) is 13.9 Å². The summed E-state index contributed by atoms with van der Waals surface area (Å²) in [7, 11) is 0. The SMILES string of the molecule is Cc1nc2ncnn2c(C)c1CC(=O)OCCOc1ccc(F)cc1. The van der Waals surface area contributed by atoms with Crippen molar-refractivity contribution in [1.29, 1.82) is 0 Å². The third kappa shape index (κ3) is 3.90. The minimum atomic E-state index is -0.379. The maximum atomic E-state index is 12.8. The molecule has 2 heterocycles. The van der Waals surface area contributed by atoms with E-state index in [2.05, 4.69) is 15.1 Å². The van der Waals surface area contributed by atoms with Crippen LogP contribution in [-0.4, -0.2) is 38.8 Å². The van der Waals surface area contributed by atoms with Crippen molar-refractivity contribution in [2.24, 2.45) is 0 Å². The summed E-state index contributed by atoms with van der Waals surface area (Å²) in [5.74, 6) is 0.308. The van der Waals surface area contributed by atoms with Crippen LogP contribution in [0, 0.1) is 19.7 Å². The number of esters is 1. The zero-order valence-corrected chi connectivity index (χ0v) is 13.9. The van der Waals surface area contributed by atoms with Crippen LogP contribution in [0.2, 0.25) is 0 Å². The zero-order chi connectivity index (χ0) is 17.8.